The Hall–Kier alpha value is -1.29. The van der Waals surface area contributed by atoms with E-state index in [1.165, 1.54) is 32.1 Å². The monoisotopic (exact) mass is 333 g/mol. The lowest BCUT2D eigenvalue weighted by Crippen LogP contribution is -2.36. The highest BCUT2D eigenvalue weighted by Crippen LogP contribution is 2.35. The molecule has 0 aliphatic heterocycles. The molecule has 3 rings (SSSR count). The van der Waals surface area contributed by atoms with Gasteiger partial charge in [-0.05, 0) is 53.9 Å². The van der Waals surface area contributed by atoms with Gasteiger partial charge in [0.25, 0.3) is 0 Å². The Balaban J connectivity index is 2.01. The van der Waals surface area contributed by atoms with Gasteiger partial charge < -0.3 is 11.1 Å². The first kappa shape index (κ1) is 13.7. The first-order valence-corrected chi connectivity index (χ1v) is 7.99. The van der Waals surface area contributed by atoms with Crippen molar-refractivity contribution in [2.24, 2.45) is 0 Å². The van der Waals surface area contributed by atoms with Crippen molar-refractivity contribution in [3.05, 3.63) is 28.9 Å². The van der Waals surface area contributed by atoms with Gasteiger partial charge in [0.05, 0.1) is 11.2 Å². The fourth-order valence-electron chi connectivity index (χ4n) is 3.10. The number of benzene rings is 1. The van der Waals surface area contributed by atoms with Crippen molar-refractivity contribution in [1.29, 1.82) is 0 Å². The molecule has 0 spiro atoms. The molecule has 1 aromatic heterocycles. The van der Waals surface area contributed by atoms with Crippen molar-refractivity contribution in [2.45, 2.75) is 44.6 Å². The van der Waals surface area contributed by atoms with Crippen LogP contribution in [0, 0.1) is 0 Å². The smallest absolute Gasteiger partial charge is 0.0954 e. The maximum atomic E-state index is 6.07. The third-order valence-corrected chi connectivity index (χ3v) is 4.68. The Bertz CT molecular complexity index is 633. The predicted octanol–water partition coefficient (Wildman–Crippen LogP) is 4.71. The molecule has 106 valence electrons. The second kappa shape index (κ2) is 5.24. The van der Waals surface area contributed by atoms with E-state index in [1.807, 2.05) is 18.3 Å². The molecule has 1 aliphatic carbocycles. The maximum absolute atomic E-state index is 6.07. The quantitative estimate of drug-likeness (QED) is 0.782. The average molecular weight is 334 g/mol. The third-order valence-electron chi connectivity index (χ3n) is 4.24. The molecular weight excluding hydrogens is 314 g/mol. The Kier molecular flexibility index (Phi) is 3.59. The van der Waals surface area contributed by atoms with Crippen LogP contribution in [-0.4, -0.2) is 10.5 Å². The van der Waals surface area contributed by atoms with Crippen molar-refractivity contribution in [1.82, 2.24) is 4.98 Å². The van der Waals surface area contributed by atoms with Crippen molar-refractivity contribution in [3.8, 4) is 0 Å². The Morgan fingerprint density at radius 3 is 2.75 bits per heavy atom. The standard InChI is InChI=1S/C16H20BrN3/c1-16(7-3-2-4-8-16)20-14-6-5-13(18)12-9-11(17)10-19-15(12)14/h5-6,9-10,20H,2-4,7-8,18H2,1H3. The topological polar surface area (TPSA) is 50.9 Å². The molecule has 0 radical (unpaired) electrons. The largest absolute Gasteiger partial charge is 0.398 e. The van der Waals surface area contributed by atoms with E-state index in [0.717, 1.165) is 26.8 Å². The Labute approximate surface area is 128 Å². The van der Waals surface area contributed by atoms with Gasteiger partial charge in [0.15, 0.2) is 0 Å². The van der Waals surface area contributed by atoms with Gasteiger partial charge in [-0.1, -0.05) is 19.3 Å². The van der Waals surface area contributed by atoms with Gasteiger partial charge >= 0.3 is 0 Å². The SMILES string of the molecule is CC1(Nc2ccc(N)c3cc(Br)cnc23)CCCCC1. The summed E-state index contributed by atoms with van der Waals surface area (Å²) in [5.74, 6) is 0. The van der Waals surface area contributed by atoms with E-state index >= 15 is 0 Å². The van der Waals surface area contributed by atoms with Gasteiger partial charge in [0, 0.05) is 27.3 Å². The number of nitrogens with zero attached hydrogens (tertiary/aromatic N) is 1. The normalized spacial score (nSPS) is 18.1. The molecule has 3 N–H and O–H groups in total. The molecule has 4 heteroatoms. The highest BCUT2D eigenvalue weighted by molar-refractivity contribution is 9.10. The minimum Gasteiger partial charge on any atom is -0.398 e. The first-order chi connectivity index (χ1) is 9.57. The molecule has 0 bridgehead atoms. The van der Waals surface area contributed by atoms with Crippen LogP contribution in [0.1, 0.15) is 39.0 Å². The zero-order valence-electron chi connectivity index (χ0n) is 11.7. The number of pyridine rings is 1. The molecule has 1 fully saturated rings. The van der Waals surface area contributed by atoms with Gasteiger partial charge in [-0.25, -0.2) is 0 Å². The van der Waals surface area contributed by atoms with Crippen LogP contribution in [0.25, 0.3) is 10.9 Å². The zero-order chi connectivity index (χ0) is 14.2. The zero-order valence-corrected chi connectivity index (χ0v) is 13.3. The average Bonchev–Trinajstić information content (AvgIpc) is 2.43. The van der Waals surface area contributed by atoms with Crippen molar-refractivity contribution < 1.29 is 0 Å². The van der Waals surface area contributed by atoms with Crippen molar-refractivity contribution in [3.63, 3.8) is 0 Å². The fraction of sp³-hybridized carbons (Fsp3) is 0.438. The summed E-state index contributed by atoms with van der Waals surface area (Å²) in [4.78, 5) is 4.55. The first-order valence-electron chi connectivity index (χ1n) is 7.19. The summed E-state index contributed by atoms with van der Waals surface area (Å²) < 4.78 is 0.956. The third kappa shape index (κ3) is 2.62. The van der Waals surface area contributed by atoms with E-state index in [0.29, 0.717) is 0 Å². The summed E-state index contributed by atoms with van der Waals surface area (Å²) in [7, 11) is 0. The molecule has 20 heavy (non-hydrogen) atoms. The second-order valence-corrected chi connectivity index (χ2v) is 6.91. The van der Waals surface area contributed by atoms with E-state index in [9.17, 15) is 0 Å². The number of nitrogen functional groups attached to an aromatic ring is 1. The fourth-order valence-corrected chi connectivity index (χ4v) is 3.43. The Morgan fingerprint density at radius 2 is 2.00 bits per heavy atom. The number of aromatic nitrogens is 1. The number of hydrogen-bond donors (Lipinski definition) is 2. The van der Waals surface area contributed by atoms with E-state index in [1.54, 1.807) is 0 Å². The summed E-state index contributed by atoms with van der Waals surface area (Å²) in [6.45, 7) is 2.31. The minimum absolute atomic E-state index is 0.177. The van der Waals surface area contributed by atoms with Gasteiger partial charge in [0.2, 0.25) is 0 Å². The van der Waals surface area contributed by atoms with Crippen molar-refractivity contribution in [2.75, 3.05) is 11.1 Å². The molecule has 1 aliphatic rings. The van der Waals surface area contributed by atoms with Crippen molar-refractivity contribution >= 4 is 38.2 Å². The molecular formula is C16H20BrN3. The molecule has 2 aromatic rings. The lowest BCUT2D eigenvalue weighted by molar-refractivity contribution is 0.349. The van der Waals surface area contributed by atoms with Crippen LogP contribution in [0.5, 0.6) is 0 Å². The lowest BCUT2D eigenvalue weighted by Gasteiger charge is -2.35. The summed E-state index contributed by atoms with van der Waals surface area (Å²) in [5, 5.41) is 4.72. The molecule has 1 aromatic carbocycles. The van der Waals surface area contributed by atoms with Gasteiger partial charge in [-0.15, -0.1) is 0 Å². The van der Waals surface area contributed by atoms with Crippen LogP contribution >= 0.6 is 15.9 Å². The van der Waals surface area contributed by atoms with Gasteiger partial charge in [-0.3, -0.25) is 4.98 Å². The number of nitrogens with two attached hydrogens (primary N) is 1. The Morgan fingerprint density at radius 1 is 1.25 bits per heavy atom. The summed E-state index contributed by atoms with van der Waals surface area (Å²) in [6, 6.07) is 6.05. The minimum atomic E-state index is 0.177. The number of fused-ring (bicyclic) bond motifs is 1. The van der Waals surface area contributed by atoms with E-state index < -0.39 is 0 Å². The van der Waals surface area contributed by atoms with Crippen LogP contribution in [0.4, 0.5) is 11.4 Å². The molecule has 3 nitrogen and oxygen atoms in total. The lowest BCUT2D eigenvalue weighted by atomic mass is 9.83. The predicted molar refractivity (Wildman–Crippen MR) is 89.0 cm³/mol. The number of rotatable bonds is 2. The second-order valence-electron chi connectivity index (χ2n) is 6.00. The number of anilines is 2. The molecule has 0 saturated heterocycles. The molecule has 1 heterocycles. The van der Waals surface area contributed by atoms with Crippen LogP contribution in [0.15, 0.2) is 28.9 Å². The van der Waals surface area contributed by atoms with Crippen LogP contribution in [-0.2, 0) is 0 Å². The maximum Gasteiger partial charge on any atom is 0.0954 e. The van der Waals surface area contributed by atoms with Crippen LogP contribution < -0.4 is 11.1 Å². The number of nitrogens with one attached hydrogen (secondary N) is 1. The molecule has 1 saturated carbocycles. The molecule has 0 unspecified atom stereocenters. The van der Waals surface area contributed by atoms with E-state index in [4.69, 9.17) is 5.73 Å². The van der Waals surface area contributed by atoms with E-state index in [2.05, 4.69) is 39.2 Å². The highest BCUT2D eigenvalue weighted by Gasteiger charge is 2.27. The van der Waals surface area contributed by atoms with E-state index in [-0.39, 0.29) is 5.54 Å². The number of hydrogen-bond acceptors (Lipinski definition) is 3. The highest BCUT2D eigenvalue weighted by atomic mass is 79.9. The molecule has 0 atom stereocenters. The summed E-state index contributed by atoms with van der Waals surface area (Å²) in [6.07, 6.45) is 8.22. The van der Waals surface area contributed by atoms with Crippen LogP contribution in [0.2, 0.25) is 0 Å². The number of halogens is 1. The summed E-state index contributed by atoms with van der Waals surface area (Å²) in [5.41, 5.74) is 9.07. The summed E-state index contributed by atoms with van der Waals surface area (Å²) >= 11 is 3.46. The van der Waals surface area contributed by atoms with Crippen LogP contribution in [0.3, 0.4) is 0 Å². The molecule has 0 amide bonds. The van der Waals surface area contributed by atoms with Gasteiger partial charge in [0.1, 0.15) is 0 Å². The van der Waals surface area contributed by atoms with Gasteiger partial charge in [-0.2, -0.15) is 0 Å².